The summed E-state index contributed by atoms with van der Waals surface area (Å²) in [5.41, 5.74) is 2.78. The molecule has 1 aromatic heterocycles. The second-order valence-corrected chi connectivity index (χ2v) is 11.4. The monoisotopic (exact) mass is 490 g/mol. The van der Waals surface area contributed by atoms with Gasteiger partial charge in [-0.25, -0.2) is 18.4 Å². The van der Waals surface area contributed by atoms with E-state index in [4.69, 9.17) is 19.4 Å². The van der Waals surface area contributed by atoms with Gasteiger partial charge in [-0.1, -0.05) is 12.1 Å². The van der Waals surface area contributed by atoms with Crippen molar-refractivity contribution in [3.05, 3.63) is 35.5 Å². The van der Waals surface area contributed by atoms with Gasteiger partial charge in [-0.15, -0.1) is 0 Å². The van der Waals surface area contributed by atoms with Crippen LogP contribution in [0.4, 0.5) is 5.82 Å². The van der Waals surface area contributed by atoms with Crippen molar-refractivity contribution < 1.29 is 23.0 Å². The largest absolute Gasteiger partial charge is 0.491 e. The quantitative estimate of drug-likeness (QED) is 0.536. The van der Waals surface area contributed by atoms with Gasteiger partial charge < -0.3 is 24.8 Å². The Morgan fingerprint density at radius 3 is 2.79 bits per heavy atom. The van der Waals surface area contributed by atoms with Gasteiger partial charge in [0.2, 0.25) is 0 Å². The van der Waals surface area contributed by atoms with Crippen LogP contribution < -0.4 is 15.0 Å². The third-order valence-corrected chi connectivity index (χ3v) is 7.95. The Morgan fingerprint density at radius 2 is 2.09 bits per heavy atom. The molecule has 2 aromatic rings. The lowest BCUT2D eigenvalue weighted by Gasteiger charge is -2.30. The average molecular weight is 491 g/mol. The minimum absolute atomic E-state index is 0.135. The average Bonchev–Trinajstić information content (AvgIpc) is 3.33. The maximum Gasteiger partial charge on any atom is 0.161 e. The zero-order valence-electron chi connectivity index (χ0n) is 19.9. The molecule has 0 amide bonds. The third-order valence-electron chi connectivity index (χ3n) is 6.35. The molecular weight excluding hydrogens is 456 g/mol. The zero-order chi connectivity index (χ0) is 24.1. The number of nitrogens with zero attached hydrogens (tertiary/aromatic N) is 3. The zero-order valence-corrected chi connectivity index (χ0v) is 20.7. The Labute approximate surface area is 201 Å². The van der Waals surface area contributed by atoms with Gasteiger partial charge in [-0.05, 0) is 44.9 Å². The van der Waals surface area contributed by atoms with E-state index in [1.165, 1.54) is 0 Å². The molecule has 1 unspecified atom stereocenters. The highest BCUT2D eigenvalue weighted by atomic mass is 32.2. The fourth-order valence-electron chi connectivity index (χ4n) is 4.34. The molecule has 0 saturated carbocycles. The maximum atomic E-state index is 12.0. The van der Waals surface area contributed by atoms with E-state index in [0.29, 0.717) is 37.1 Å². The number of benzene rings is 1. The van der Waals surface area contributed by atoms with Gasteiger partial charge in [0.15, 0.2) is 15.7 Å². The van der Waals surface area contributed by atoms with E-state index in [1.807, 2.05) is 31.2 Å². The molecule has 9 nitrogen and oxygen atoms in total. The topological polar surface area (TPSA) is 114 Å². The summed E-state index contributed by atoms with van der Waals surface area (Å²) >= 11 is 0. The van der Waals surface area contributed by atoms with E-state index < -0.39 is 15.9 Å². The van der Waals surface area contributed by atoms with Crippen molar-refractivity contribution in [2.24, 2.45) is 5.92 Å². The predicted octanol–water partition coefficient (Wildman–Crippen LogP) is 1.22. The van der Waals surface area contributed by atoms with Crippen molar-refractivity contribution in [1.29, 1.82) is 0 Å². The fourth-order valence-corrected chi connectivity index (χ4v) is 5.54. The summed E-state index contributed by atoms with van der Waals surface area (Å²) in [4.78, 5) is 11.9. The normalized spacial score (nSPS) is 20.9. The lowest BCUT2D eigenvalue weighted by molar-refractivity contribution is 0.108. The van der Waals surface area contributed by atoms with Gasteiger partial charge in [0.25, 0.3) is 0 Å². The van der Waals surface area contributed by atoms with Crippen molar-refractivity contribution in [2.75, 3.05) is 62.9 Å². The number of sulfone groups is 1. The molecule has 34 heavy (non-hydrogen) atoms. The van der Waals surface area contributed by atoms with Gasteiger partial charge >= 0.3 is 0 Å². The highest BCUT2D eigenvalue weighted by molar-refractivity contribution is 7.91. The summed E-state index contributed by atoms with van der Waals surface area (Å²) in [5.74, 6) is 2.70. The van der Waals surface area contributed by atoms with E-state index >= 15 is 0 Å². The first-order valence-electron chi connectivity index (χ1n) is 11.8. The van der Waals surface area contributed by atoms with Crippen LogP contribution in [0.5, 0.6) is 5.75 Å². The number of nitrogens with one attached hydrogen (secondary N) is 1. The van der Waals surface area contributed by atoms with E-state index in [2.05, 4.69) is 10.2 Å². The van der Waals surface area contributed by atoms with Crippen molar-refractivity contribution in [2.45, 2.75) is 25.9 Å². The molecule has 2 atom stereocenters. The number of ether oxygens (including phenoxy) is 2. The number of anilines is 1. The minimum Gasteiger partial charge on any atom is -0.491 e. The van der Waals surface area contributed by atoms with Gasteiger partial charge in [0, 0.05) is 49.7 Å². The van der Waals surface area contributed by atoms with Crippen LogP contribution in [0.3, 0.4) is 0 Å². The number of hydrogen-bond acceptors (Lipinski definition) is 9. The van der Waals surface area contributed by atoms with Crippen LogP contribution in [0.15, 0.2) is 24.3 Å². The first kappa shape index (κ1) is 24.8. The molecule has 0 radical (unpaired) electrons. The predicted molar refractivity (Wildman–Crippen MR) is 131 cm³/mol. The first-order chi connectivity index (χ1) is 16.3. The van der Waals surface area contributed by atoms with Crippen LogP contribution in [-0.2, 0) is 21.0 Å². The molecule has 0 spiro atoms. The second kappa shape index (κ2) is 11.0. The summed E-state index contributed by atoms with van der Waals surface area (Å²) in [6.07, 6.45) is 1.20. The summed E-state index contributed by atoms with van der Waals surface area (Å²) < 4.78 is 35.3. The highest BCUT2D eigenvalue weighted by Crippen LogP contribution is 2.30. The summed E-state index contributed by atoms with van der Waals surface area (Å²) in [6.45, 7) is 5.02. The Hall–Kier alpha value is -2.27. The molecule has 2 aliphatic rings. The first-order valence-corrected chi connectivity index (χ1v) is 13.6. The Bertz CT molecular complexity index is 1070. The second-order valence-electron chi connectivity index (χ2n) is 9.07. The number of aromatic nitrogens is 2. The Kier molecular flexibility index (Phi) is 8.02. The van der Waals surface area contributed by atoms with Crippen LogP contribution in [-0.4, -0.2) is 87.6 Å². The molecule has 0 bridgehead atoms. The highest BCUT2D eigenvalue weighted by Gasteiger charge is 2.27. The molecule has 2 aliphatic heterocycles. The standard InChI is InChI=1S/C24H34N4O5S/c1-17-22(12-18-6-9-32-15-18)26-23(27-24(17)28-7-10-34(30,31)11-8-28)19-4-3-5-21(13-19)33-16-20(29)14-25-2/h3-5,13,18,20,25,29H,6-12,14-16H2,1-2H3/t18-,20?/m0/s1. The van der Waals surface area contributed by atoms with Crippen LogP contribution in [0.2, 0.25) is 0 Å². The molecule has 4 rings (SSSR count). The van der Waals surface area contributed by atoms with Gasteiger partial charge in [-0.2, -0.15) is 0 Å². The molecule has 0 aliphatic carbocycles. The van der Waals surface area contributed by atoms with Crippen molar-refractivity contribution >= 4 is 15.7 Å². The molecule has 186 valence electrons. The van der Waals surface area contributed by atoms with Crippen LogP contribution in [0.25, 0.3) is 11.4 Å². The fraction of sp³-hybridized carbons (Fsp3) is 0.583. The Balaban J connectivity index is 1.64. The van der Waals surface area contributed by atoms with E-state index in [0.717, 1.165) is 48.7 Å². The van der Waals surface area contributed by atoms with E-state index in [-0.39, 0.29) is 18.1 Å². The Morgan fingerprint density at radius 1 is 1.29 bits per heavy atom. The number of aliphatic hydroxyl groups excluding tert-OH is 1. The molecule has 1 aromatic carbocycles. The van der Waals surface area contributed by atoms with Crippen LogP contribution in [0.1, 0.15) is 17.7 Å². The molecule has 2 fully saturated rings. The van der Waals surface area contributed by atoms with Gasteiger partial charge in [0.1, 0.15) is 24.3 Å². The number of likely N-dealkylation sites (N-methyl/N-ethyl adjacent to an activating group) is 1. The molecule has 2 N–H and O–H groups in total. The molecule has 2 saturated heterocycles. The lowest BCUT2D eigenvalue weighted by Crippen LogP contribution is -2.41. The van der Waals surface area contributed by atoms with Crippen LogP contribution in [0, 0.1) is 12.8 Å². The van der Waals surface area contributed by atoms with Crippen molar-refractivity contribution in [3.8, 4) is 17.1 Å². The summed E-state index contributed by atoms with van der Waals surface area (Å²) in [5, 5.41) is 12.9. The number of aliphatic hydroxyl groups is 1. The summed E-state index contributed by atoms with van der Waals surface area (Å²) in [6, 6.07) is 7.55. The van der Waals surface area contributed by atoms with E-state index in [9.17, 15) is 13.5 Å². The molecule has 10 heteroatoms. The number of rotatable bonds is 9. The van der Waals surface area contributed by atoms with Gasteiger partial charge in [0.05, 0.1) is 11.5 Å². The minimum atomic E-state index is -2.99. The maximum absolute atomic E-state index is 12.0. The van der Waals surface area contributed by atoms with Crippen LogP contribution >= 0.6 is 0 Å². The van der Waals surface area contributed by atoms with Gasteiger partial charge in [-0.3, -0.25) is 0 Å². The van der Waals surface area contributed by atoms with Crippen molar-refractivity contribution in [3.63, 3.8) is 0 Å². The SMILES string of the molecule is CNCC(O)COc1cccc(-c2nc(C[C@@H]3CCOC3)c(C)c(N3CCS(=O)(=O)CC3)n2)c1. The smallest absolute Gasteiger partial charge is 0.161 e. The number of hydrogen-bond donors (Lipinski definition) is 2. The lowest BCUT2D eigenvalue weighted by atomic mass is 9.99. The molecular formula is C24H34N4O5S. The third kappa shape index (κ3) is 6.24. The molecule has 3 heterocycles. The van der Waals surface area contributed by atoms with E-state index in [1.54, 1.807) is 7.05 Å². The van der Waals surface area contributed by atoms with Crippen molar-refractivity contribution in [1.82, 2.24) is 15.3 Å². The summed E-state index contributed by atoms with van der Waals surface area (Å²) in [7, 11) is -1.21.